The van der Waals surface area contributed by atoms with E-state index in [2.05, 4.69) is 15.4 Å². The minimum atomic E-state index is -4.45. The lowest BCUT2D eigenvalue weighted by Gasteiger charge is -2.25. The molecule has 0 atom stereocenters. The van der Waals surface area contributed by atoms with E-state index in [0.717, 1.165) is 0 Å². The Kier molecular flexibility index (Phi) is 6.44. The topological polar surface area (TPSA) is 87.7 Å². The lowest BCUT2D eigenvalue weighted by atomic mass is 9.99. The van der Waals surface area contributed by atoms with Crippen molar-refractivity contribution < 1.29 is 32.6 Å². The number of urea groups is 1. The lowest BCUT2D eigenvalue weighted by molar-refractivity contribution is -0.153. The third kappa shape index (κ3) is 8.25. The van der Waals surface area contributed by atoms with Crippen molar-refractivity contribution in [3.63, 3.8) is 0 Å². The van der Waals surface area contributed by atoms with Crippen molar-refractivity contribution in [3.05, 3.63) is 24.3 Å². The average Bonchev–Trinajstić information content (AvgIpc) is 2.42. The number of benzene rings is 1. The van der Waals surface area contributed by atoms with Gasteiger partial charge in [0.15, 0.2) is 6.61 Å². The second kappa shape index (κ2) is 7.89. The quantitative estimate of drug-likeness (QED) is 0.705. The molecular weight excluding hydrogens is 329 g/mol. The van der Waals surface area contributed by atoms with Crippen LogP contribution in [0.5, 0.6) is 5.75 Å². The number of carboxylic acid groups (broad SMARTS) is 1. The van der Waals surface area contributed by atoms with E-state index < -0.39 is 30.3 Å². The van der Waals surface area contributed by atoms with Gasteiger partial charge in [0.05, 0.1) is 0 Å². The van der Waals surface area contributed by atoms with E-state index in [1.165, 1.54) is 24.3 Å². The molecule has 134 valence electrons. The number of alkyl halides is 3. The molecule has 0 spiro atoms. The van der Waals surface area contributed by atoms with Crippen LogP contribution in [0.3, 0.4) is 0 Å². The molecule has 0 saturated carbocycles. The first kappa shape index (κ1) is 19.6. The molecule has 1 aromatic rings. The van der Waals surface area contributed by atoms with E-state index in [4.69, 9.17) is 5.11 Å². The number of aliphatic carboxylic acids is 1. The molecular formula is C15H19F3N2O4. The van der Waals surface area contributed by atoms with Crippen LogP contribution in [-0.4, -0.2) is 35.4 Å². The highest BCUT2D eigenvalue weighted by atomic mass is 19.4. The standard InChI is InChI=1S/C15H19F3N2O4/c1-14(2,7-6-12(21)22)20-13(23)19-10-4-3-5-11(8-10)24-9-15(16,17)18/h3-5,8H,6-7,9H2,1-2H3,(H,21,22)(H2,19,20,23). The second-order valence-corrected chi connectivity index (χ2v) is 5.79. The Morgan fingerprint density at radius 1 is 1.25 bits per heavy atom. The number of carbonyl (C=O) groups excluding carboxylic acids is 1. The highest BCUT2D eigenvalue weighted by Crippen LogP contribution is 2.21. The molecule has 0 saturated heterocycles. The number of amides is 2. The van der Waals surface area contributed by atoms with Crippen LogP contribution >= 0.6 is 0 Å². The molecule has 9 heteroatoms. The maximum Gasteiger partial charge on any atom is 0.422 e. The van der Waals surface area contributed by atoms with Gasteiger partial charge in [0.2, 0.25) is 0 Å². The van der Waals surface area contributed by atoms with Gasteiger partial charge in [-0.25, -0.2) is 4.79 Å². The number of ether oxygens (including phenoxy) is 1. The highest BCUT2D eigenvalue weighted by Gasteiger charge is 2.28. The number of hydrogen-bond acceptors (Lipinski definition) is 3. The highest BCUT2D eigenvalue weighted by molar-refractivity contribution is 5.89. The lowest BCUT2D eigenvalue weighted by Crippen LogP contribution is -2.45. The number of carboxylic acids is 1. The SMILES string of the molecule is CC(C)(CCC(=O)O)NC(=O)Nc1cccc(OCC(F)(F)F)c1. The zero-order valence-corrected chi connectivity index (χ0v) is 13.2. The van der Waals surface area contributed by atoms with Gasteiger partial charge in [-0.15, -0.1) is 0 Å². The van der Waals surface area contributed by atoms with Crippen molar-refractivity contribution >= 4 is 17.7 Å². The van der Waals surface area contributed by atoms with Crippen molar-refractivity contribution in [1.29, 1.82) is 0 Å². The molecule has 0 aliphatic heterocycles. The fraction of sp³-hybridized carbons (Fsp3) is 0.467. The molecule has 24 heavy (non-hydrogen) atoms. The molecule has 0 aliphatic rings. The van der Waals surface area contributed by atoms with E-state index in [1.807, 2.05) is 0 Å². The minimum absolute atomic E-state index is 0.0322. The summed E-state index contributed by atoms with van der Waals surface area (Å²) in [6.45, 7) is 1.90. The van der Waals surface area contributed by atoms with Gasteiger partial charge in [-0.3, -0.25) is 4.79 Å². The monoisotopic (exact) mass is 348 g/mol. The Morgan fingerprint density at radius 2 is 1.92 bits per heavy atom. The third-order valence-corrected chi connectivity index (χ3v) is 2.91. The maximum absolute atomic E-state index is 12.1. The predicted octanol–water partition coefficient (Wildman–Crippen LogP) is 3.39. The molecule has 2 amide bonds. The van der Waals surface area contributed by atoms with Crippen molar-refractivity contribution in [1.82, 2.24) is 5.32 Å². The third-order valence-electron chi connectivity index (χ3n) is 2.91. The summed E-state index contributed by atoms with van der Waals surface area (Å²) in [4.78, 5) is 22.5. The van der Waals surface area contributed by atoms with E-state index >= 15 is 0 Å². The first-order chi connectivity index (χ1) is 11.0. The molecule has 6 nitrogen and oxygen atoms in total. The smallest absolute Gasteiger partial charge is 0.422 e. The molecule has 0 heterocycles. The first-order valence-corrected chi connectivity index (χ1v) is 7.07. The Labute approximate surface area is 137 Å². The van der Waals surface area contributed by atoms with Crippen molar-refractivity contribution in [2.24, 2.45) is 0 Å². The van der Waals surface area contributed by atoms with Crippen LogP contribution in [0.15, 0.2) is 24.3 Å². The fourth-order valence-corrected chi connectivity index (χ4v) is 1.78. The molecule has 0 radical (unpaired) electrons. The van der Waals surface area contributed by atoms with Gasteiger partial charge in [0.1, 0.15) is 5.75 Å². The number of halogens is 3. The maximum atomic E-state index is 12.1. The first-order valence-electron chi connectivity index (χ1n) is 7.07. The van der Waals surface area contributed by atoms with Gasteiger partial charge in [-0.1, -0.05) is 6.07 Å². The van der Waals surface area contributed by atoms with E-state index in [9.17, 15) is 22.8 Å². The van der Waals surface area contributed by atoms with Gasteiger partial charge in [0.25, 0.3) is 0 Å². The number of anilines is 1. The molecule has 0 aliphatic carbocycles. The van der Waals surface area contributed by atoms with Crippen molar-refractivity contribution in [2.75, 3.05) is 11.9 Å². The summed E-state index contributed by atoms with van der Waals surface area (Å²) < 4.78 is 41.0. The summed E-state index contributed by atoms with van der Waals surface area (Å²) in [7, 11) is 0. The summed E-state index contributed by atoms with van der Waals surface area (Å²) in [6.07, 6.45) is -4.33. The Morgan fingerprint density at radius 3 is 2.50 bits per heavy atom. The summed E-state index contributed by atoms with van der Waals surface area (Å²) in [6, 6.07) is 4.93. The van der Waals surface area contributed by atoms with E-state index in [-0.39, 0.29) is 24.3 Å². The summed E-state index contributed by atoms with van der Waals surface area (Å²) in [5, 5.41) is 13.7. The molecule has 0 fully saturated rings. The summed E-state index contributed by atoms with van der Waals surface area (Å²) >= 11 is 0. The van der Waals surface area contributed by atoms with E-state index in [1.54, 1.807) is 13.8 Å². The molecule has 0 unspecified atom stereocenters. The Balaban J connectivity index is 2.59. The van der Waals surface area contributed by atoms with Crippen LogP contribution in [0.1, 0.15) is 26.7 Å². The van der Waals surface area contributed by atoms with Gasteiger partial charge >= 0.3 is 18.2 Å². The minimum Gasteiger partial charge on any atom is -0.484 e. The number of nitrogens with one attached hydrogen (secondary N) is 2. The van der Waals surface area contributed by atoms with E-state index in [0.29, 0.717) is 0 Å². The van der Waals surface area contributed by atoms with Crippen LogP contribution in [-0.2, 0) is 4.79 Å². The van der Waals surface area contributed by atoms with Gasteiger partial charge in [-0.2, -0.15) is 13.2 Å². The fourth-order valence-electron chi connectivity index (χ4n) is 1.78. The normalized spacial score (nSPS) is 11.7. The van der Waals surface area contributed by atoms with Crippen molar-refractivity contribution in [2.45, 2.75) is 38.4 Å². The number of rotatable bonds is 7. The van der Waals surface area contributed by atoms with Crippen LogP contribution in [0.2, 0.25) is 0 Å². The van der Waals surface area contributed by atoms with Crippen molar-refractivity contribution in [3.8, 4) is 5.75 Å². The van der Waals surface area contributed by atoms with Crippen LogP contribution in [0, 0.1) is 0 Å². The van der Waals surface area contributed by atoms with Gasteiger partial charge < -0.3 is 20.5 Å². The molecule has 0 aromatic heterocycles. The zero-order chi connectivity index (χ0) is 18.4. The van der Waals surface area contributed by atoms with Gasteiger partial charge in [-0.05, 0) is 32.4 Å². The summed E-state index contributed by atoms with van der Waals surface area (Å²) in [5.74, 6) is -1.00. The molecule has 1 rings (SSSR count). The second-order valence-electron chi connectivity index (χ2n) is 5.79. The average molecular weight is 348 g/mol. The predicted molar refractivity (Wildman–Crippen MR) is 81.1 cm³/mol. The van der Waals surface area contributed by atoms with Gasteiger partial charge in [0, 0.05) is 23.7 Å². The van der Waals surface area contributed by atoms with Crippen LogP contribution < -0.4 is 15.4 Å². The summed E-state index contributed by atoms with van der Waals surface area (Å²) in [5.41, 5.74) is -0.506. The Hall–Kier alpha value is -2.45. The van der Waals surface area contributed by atoms with Crippen LogP contribution in [0.4, 0.5) is 23.7 Å². The number of carbonyl (C=O) groups is 2. The van der Waals surface area contributed by atoms with Crippen LogP contribution in [0.25, 0.3) is 0 Å². The number of hydrogen-bond donors (Lipinski definition) is 3. The largest absolute Gasteiger partial charge is 0.484 e. The molecule has 3 N–H and O–H groups in total. The zero-order valence-electron chi connectivity index (χ0n) is 13.2. The molecule has 0 bridgehead atoms. The Bertz CT molecular complexity index is 588. The molecule has 1 aromatic carbocycles.